The number of methoxy groups -OCH3 is 1. The highest BCUT2D eigenvalue weighted by atomic mass is 16.5. The van der Waals surface area contributed by atoms with Crippen LogP contribution in [0.2, 0.25) is 0 Å². The summed E-state index contributed by atoms with van der Waals surface area (Å²) in [4.78, 5) is 0. The van der Waals surface area contributed by atoms with E-state index >= 15 is 0 Å². The van der Waals surface area contributed by atoms with Crippen LogP contribution in [0.3, 0.4) is 0 Å². The fourth-order valence-corrected chi connectivity index (χ4v) is 1.51. The Morgan fingerprint density at radius 2 is 2.24 bits per heavy atom. The summed E-state index contributed by atoms with van der Waals surface area (Å²) >= 11 is 0. The average molecular weight is 231 g/mol. The van der Waals surface area contributed by atoms with Crippen LogP contribution in [0.1, 0.15) is 25.0 Å². The van der Waals surface area contributed by atoms with Gasteiger partial charge in [0.25, 0.3) is 0 Å². The Bertz CT molecular complexity index is 456. The molecule has 1 aromatic rings. The molecule has 0 unspecified atom stereocenters. The van der Waals surface area contributed by atoms with Gasteiger partial charge in [-0.05, 0) is 29.2 Å². The Morgan fingerprint density at radius 1 is 1.53 bits per heavy atom. The molecule has 1 aromatic carbocycles. The third-order valence-electron chi connectivity index (χ3n) is 2.62. The van der Waals surface area contributed by atoms with Crippen molar-refractivity contribution in [2.24, 2.45) is 5.92 Å². The van der Waals surface area contributed by atoms with E-state index in [9.17, 15) is 5.11 Å². The monoisotopic (exact) mass is 231 g/mol. The molecule has 0 spiro atoms. The zero-order chi connectivity index (χ0) is 12.8. The van der Waals surface area contributed by atoms with Crippen molar-refractivity contribution in [1.29, 1.82) is 5.26 Å². The highest BCUT2D eigenvalue weighted by Gasteiger charge is 2.05. The van der Waals surface area contributed by atoms with E-state index in [1.165, 1.54) is 0 Å². The molecule has 0 aromatic heterocycles. The van der Waals surface area contributed by atoms with Gasteiger partial charge in [-0.1, -0.05) is 26.0 Å². The molecule has 0 aliphatic rings. The molecule has 3 nitrogen and oxygen atoms in total. The molecule has 0 saturated carbocycles. The van der Waals surface area contributed by atoms with Gasteiger partial charge in [0, 0.05) is 0 Å². The van der Waals surface area contributed by atoms with Crippen molar-refractivity contribution >= 4 is 6.08 Å². The van der Waals surface area contributed by atoms with E-state index < -0.39 is 0 Å². The van der Waals surface area contributed by atoms with Crippen molar-refractivity contribution in [2.45, 2.75) is 13.8 Å². The second kappa shape index (κ2) is 6.07. The smallest absolute Gasteiger partial charge is 0.136 e. The SMILES string of the molecule is COc1ccc(C=C(CO)C(C)C)cc1C#N. The van der Waals surface area contributed by atoms with Crippen LogP contribution >= 0.6 is 0 Å². The molecule has 3 heteroatoms. The zero-order valence-corrected chi connectivity index (χ0v) is 10.4. The Labute approximate surface area is 102 Å². The molecule has 0 atom stereocenters. The number of ether oxygens (including phenoxy) is 1. The first-order valence-electron chi connectivity index (χ1n) is 5.51. The first-order chi connectivity index (χ1) is 8.12. The molecule has 17 heavy (non-hydrogen) atoms. The molecule has 1 N–H and O–H groups in total. The fourth-order valence-electron chi connectivity index (χ4n) is 1.51. The van der Waals surface area contributed by atoms with Gasteiger partial charge in [-0.15, -0.1) is 0 Å². The summed E-state index contributed by atoms with van der Waals surface area (Å²) in [7, 11) is 1.54. The van der Waals surface area contributed by atoms with E-state index in [1.807, 2.05) is 26.0 Å². The van der Waals surface area contributed by atoms with Crippen molar-refractivity contribution in [3.8, 4) is 11.8 Å². The minimum atomic E-state index is 0.0333. The molecule has 0 bridgehead atoms. The van der Waals surface area contributed by atoms with Crippen molar-refractivity contribution in [2.75, 3.05) is 13.7 Å². The van der Waals surface area contributed by atoms with E-state index in [0.717, 1.165) is 11.1 Å². The predicted octanol–water partition coefficient (Wildman–Crippen LogP) is 2.60. The van der Waals surface area contributed by atoms with Crippen LogP contribution in [-0.2, 0) is 0 Å². The lowest BCUT2D eigenvalue weighted by molar-refractivity contribution is 0.320. The van der Waals surface area contributed by atoms with Gasteiger partial charge in [-0.2, -0.15) is 5.26 Å². The number of rotatable bonds is 4. The zero-order valence-electron chi connectivity index (χ0n) is 10.4. The van der Waals surface area contributed by atoms with E-state index in [2.05, 4.69) is 6.07 Å². The van der Waals surface area contributed by atoms with Crippen LogP contribution < -0.4 is 4.74 Å². The lowest BCUT2D eigenvalue weighted by Crippen LogP contribution is -1.99. The molecule has 0 aliphatic carbocycles. The van der Waals surface area contributed by atoms with E-state index in [0.29, 0.717) is 11.3 Å². The van der Waals surface area contributed by atoms with E-state index in [1.54, 1.807) is 19.2 Å². The lowest BCUT2D eigenvalue weighted by Gasteiger charge is -2.09. The van der Waals surface area contributed by atoms with Gasteiger partial charge in [0.2, 0.25) is 0 Å². The Morgan fingerprint density at radius 3 is 2.71 bits per heavy atom. The summed E-state index contributed by atoms with van der Waals surface area (Å²) < 4.78 is 5.08. The van der Waals surface area contributed by atoms with Crippen molar-refractivity contribution in [1.82, 2.24) is 0 Å². The van der Waals surface area contributed by atoms with Gasteiger partial charge in [-0.3, -0.25) is 0 Å². The van der Waals surface area contributed by atoms with Crippen LogP contribution in [0.5, 0.6) is 5.75 Å². The van der Waals surface area contributed by atoms with E-state index in [-0.39, 0.29) is 12.5 Å². The standard InChI is InChI=1S/C14H17NO2/c1-10(2)13(9-16)7-11-4-5-14(17-3)12(6-11)8-15/h4-7,10,16H,9H2,1-3H3. The topological polar surface area (TPSA) is 53.2 Å². The van der Waals surface area contributed by atoms with Crippen LogP contribution in [0.15, 0.2) is 23.8 Å². The minimum absolute atomic E-state index is 0.0333. The Balaban J connectivity index is 3.13. The summed E-state index contributed by atoms with van der Waals surface area (Å²) in [6, 6.07) is 7.49. The summed E-state index contributed by atoms with van der Waals surface area (Å²) in [6.07, 6.45) is 1.91. The van der Waals surface area contributed by atoms with Crippen LogP contribution in [0, 0.1) is 17.2 Å². The van der Waals surface area contributed by atoms with Gasteiger partial charge in [0.1, 0.15) is 11.8 Å². The number of nitriles is 1. The first-order valence-corrected chi connectivity index (χ1v) is 5.51. The second-order valence-electron chi connectivity index (χ2n) is 4.10. The third-order valence-corrected chi connectivity index (χ3v) is 2.62. The van der Waals surface area contributed by atoms with Gasteiger partial charge in [0.15, 0.2) is 0 Å². The lowest BCUT2D eigenvalue weighted by atomic mass is 10.00. The van der Waals surface area contributed by atoms with Crippen molar-refractivity contribution in [3.05, 3.63) is 34.9 Å². The average Bonchev–Trinajstić information content (AvgIpc) is 2.35. The minimum Gasteiger partial charge on any atom is -0.495 e. The molecule has 0 aliphatic heterocycles. The van der Waals surface area contributed by atoms with Crippen LogP contribution in [0.4, 0.5) is 0 Å². The van der Waals surface area contributed by atoms with Crippen molar-refractivity contribution < 1.29 is 9.84 Å². The van der Waals surface area contributed by atoms with Gasteiger partial charge in [-0.25, -0.2) is 0 Å². The van der Waals surface area contributed by atoms with Gasteiger partial charge in [0.05, 0.1) is 19.3 Å². The number of aliphatic hydroxyl groups is 1. The molecule has 0 radical (unpaired) electrons. The third kappa shape index (κ3) is 3.33. The second-order valence-corrected chi connectivity index (χ2v) is 4.10. The number of benzene rings is 1. The molecular weight excluding hydrogens is 214 g/mol. The summed E-state index contributed by atoms with van der Waals surface area (Å²) in [5.74, 6) is 0.854. The number of hydrogen-bond donors (Lipinski definition) is 1. The van der Waals surface area contributed by atoms with Crippen LogP contribution in [0.25, 0.3) is 6.08 Å². The molecule has 0 heterocycles. The highest BCUT2D eigenvalue weighted by molar-refractivity contribution is 5.58. The molecule has 1 rings (SSSR count). The summed E-state index contributed by atoms with van der Waals surface area (Å²) in [6.45, 7) is 4.08. The normalized spacial score (nSPS) is 11.4. The Kier molecular flexibility index (Phi) is 4.74. The maximum atomic E-state index is 9.23. The van der Waals surface area contributed by atoms with Gasteiger partial charge < -0.3 is 9.84 Å². The Hall–Kier alpha value is -1.79. The summed E-state index contributed by atoms with van der Waals surface area (Å²) in [5, 5.41) is 18.2. The quantitative estimate of drug-likeness (QED) is 0.866. The molecule has 0 amide bonds. The number of hydrogen-bond acceptors (Lipinski definition) is 3. The first kappa shape index (κ1) is 13.3. The predicted molar refractivity (Wildman–Crippen MR) is 67.6 cm³/mol. The van der Waals surface area contributed by atoms with E-state index in [4.69, 9.17) is 10.00 Å². The molecule has 0 saturated heterocycles. The van der Waals surface area contributed by atoms with Crippen molar-refractivity contribution in [3.63, 3.8) is 0 Å². The van der Waals surface area contributed by atoms with Crippen LogP contribution in [-0.4, -0.2) is 18.8 Å². The van der Waals surface area contributed by atoms with Gasteiger partial charge >= 0.3 is 0 Å². The molecule has 0 fully saturated rings. The fraction of sp³-hybridized carbons (Fsp3) is 0.357. The maximum absolute atomic E-state index is 9.23. The molecular formula is C14H17NO2. The number of nitrogens with zero attached hydrogens (tertiary/aromatic N) is 1. The maximum Gasteiger partial charge on any atom is 0.136 e. The number of aliphatic hydroxyl groups excluding tert-OH is 1. The summed E-state index contributed by atoms with van der Waals surface area (Å²) in [5.41, 5.74) is 2.35. The highest BCUT2D eigenvalue weighted by Crippen LogP contribution is 2.21. The largest absolute Gasteiger partial charge is 0.495 e. The molecule has 90 valence electrons.